The van der Waals surface area contributed by atoms with Crippen LogP contribution in [0.4, 0.5) is 11.6 Å². The number of nitrogen functional groups attached to an aromatic ring is 1. The zero-order valence-electron chi connectivity index (χ0n) is 12.1. The molecule has 7 nitrogen and oxygen atoms in total. The maximum Gasteiger partial charge on any atom is 0.346 e. The number of rotatable bonds is 5. The van der Waals surface area contributed by atoms with Gasteiger partial charge in [0.25, 0.3) is 5.91 Å². The van der Waals surface area contributed by atoms with E-state index in [1.807, 2.05) is 18.4 Å². The lowest BCUT2D eigenvalue weighted by molar-refractivity contribution is -0.119. The van der Waals surface area contributed by atoms with E-state index >= 15 is 0 Å². The molecule has 0 saturated carbocycles. The van der Waals surface area contributed by atoms with E-state index in [1.54, 1.807) is 30.8 Å². The third kappa shape index (κ3) is 3.79. The van der Waals surface area contributed by atoms with Crippen molar-refractivity contribution in [1.82, 2.24) is 5.16 Å². The van der Waals surface area contributed by atoms with Crippen LogP contribution in [0.3, 0.4) is 0 Å². The number of amides is 1. The van der Waals surface area contributed by atoms with Crippen LogP contribution in [0.25, 0.3) is 0 Å². The second kappa shape index (κ2) is 6.99. The average molecular weight is 321 g/mol. The molecule has 0 saturated heterocycles. The Balaban J connectivity index is 1.88. The summed E-state index contributed by atoms with van der Waals surface area (Å²) in [6.07, 6.45) is 1.96. The highest BCUT2D eigenvalue weighted by Gasteiger charge is 2.20. The first-order valence-electron chi connectivity index (χ1n) is 6.34. The highest BCUT2D eigenvalue weighted by molar-refractivity contribution is 7.98. The first kappa shape index (κ1) is 15.9. The molecule has 0 spiro atoms. The van der Waals surface area contributed by atoms with Gasteiger partial charge in [-0.05, 0) is 37.4 Å². The standard InChI is InChI=1S/C14H15N3O4S/c1-8-12(13(15)21-17-8)14(19)20-7-11(18)16-9-3-5-10(22-2)6-4-9/h3-6H,7,15H2,1-2H3,(H,16,18). The Hall–Kier alpha value is -2.48. The van der Waals surface area contributed by atoms with Gasteiger partial charge in [-0.25, -0.2) is 4.79 Å². The van der Waals surface area contributed by atoms with E-state index in [9.17, 15) is 9.59 Å². The van der Waals surface area contributed by atoms with E-state index in [2.05, 4.69) is 15.0 Å². The average Bonchev–Trinajstić information content (AvgIpc) is 2.85. The van der Waals surface area contributed by atoms with E-state index in [1.165, 1.54) is 0 Å². The molecule has 0 fully saturated rings. The molecule has 1 aromatic carbocycles. The molecule has 0 aliphatic heterocycles. The molecule has 0 aliphatic carbocycles. The van der Waals surface area contributed by atoms with Crippen molar-refractivity contribution < 1.29 is 18.8 Å². The lowest BCUT2D eigenvalue weighted by Crippen LogP contribution is -2.21. The Morgan fingerprint density at radius 1 is 1.36 bits per heavy atom. The molecule has 2 aromatic rings. The Kier molecular flexibility index (Phi) is 5.05. The topological polar surface area (TPSA) is 107 Å². The molecule has 0 radical (unpaired) electrons. The SMILES string of the molecule is CSc1ccc(NC(=O)COC(=O)c2c(C)noc2N)cc1. The number of aromatic nitrogens is 1. The summed E-state index contributed by atoms with van der Waals surface area (Å²) in [5, 5.41) is 6.17. The second-order valence-electron chi connectivity index (χ2n) is 4.36. The minimum Gasteiger partial charge on any atom is -0.452 e. The quantitative estimate of drug-likeness (QED) is 0.641. The third-order valence-electron chi connectivity index (χ3n) is 2.80. The number of ether oxygens (including phenoxy) is 1. The van der Waals surface area contributed by atoms with Crippen LogP contribution >= 0.6 is 11.8 Å². The first-order chi connectivity index (χ1) is 10.5. The van der Waals surface area contributed by atoms with Crippen molar-refractivity contribution in [2.45, 2.75) is 11.8 Å². The third-order valence-corrected chi connectivity index (χ3v) is 3.54. The van der Waals surface area contributed by atoms with Gasteiger partial charge in [0.2, 0.25) is 5.88 Å². The number of hydrogen-bond acceptors (Lipinski definition) is 7. The maximum atomic E-state index is 11.8. The molecular formula is C14H15N3O4S. The predicted molar refractivity (Wildman–Crippen MR) is 82.8 cm³/mol. The number of thioether (sulfide) groups is 1. The molecule has 0 atom stereocenters. The van der Waals surface area contributed by atoms with Crippen LogP contribution in [0, 0.1) is 6.92 Å². The normalized spacial score (nSPS) is 10.3. The van der Waals surface area contributed by atoms with Gasteiger partial charge in [0, 0.05) is 10.6 Å². The van der Waals surface area contributed by atoms with Gasteiger partial charge in [0.1, 0.15) is 5.56 Å². The minimum absolute atomic E-state index is 0.0390. The van der Waals surface area contributed by atoms with E-state index in [4.69, 9.17) is 10.5 Å². The minimum atomic E-state index is -0.746. The van der Waals surface area contributed by atoms with Crippen molar-refractivity contribution in [3.8, 4) is 0 Å². The van der Waals surface area contributed by atoms with Gasteiger partial charge in [-0.3, -0.25) is 4.79 Å². The second-order valence-corrected chi connectivity index (χ2v) is 5.24. The van der Waals surface area contributed by atoms with Crippen LogP contribution in [0.15, 0.2) is 33.7 Å². The van der Waals surface area contributed by atoms with Crippen LogP contribution in [0.1, 0.15) is 16.1 Å². The molecule has 116 valence electrons. The van der Waals surface area contributed by atoms with Crippen molar-refractivity contribution >= 4 is 35.2 Å². The number of esters is 1. The van der Waals surface area contributed by atoms with Gasteiger partial charge in [-0.15, -0.1) is 11.8 Å². The van der Waals surface area contributed by atoms with E-state index < -0.39 is 18.5 Å². The van der Waals surface area contributed by atoms with E-state index in [-0.39, 0.29) is 11.4 Å². The maximum absolute atomic E-state index is 11.8. The van der Waals surface area contributed by atoms with Crippen molar-refractivity contribution in [3.63, 3.8) is 0 Å². The van der Waals surface area contributed by atoms with Gasteiger partial charge in [-0.1, -0.05) is 5.16 Å². The number of aryl methyl sites for hydroxylation is 1. The molecule has 0 bridgehead atoms. The van der Waals surface area contributed by atoms with Gasteiger partial charge in [0.15, 0.2) is 6.61 Å². The number of nitrogens with two attached hydrogens (primary N) is 1. The number of carbonyl (C=O) groups is 2. The monoisotopic (exact) mass is 321 g/mol. The molecule has 8 heteroatoms. The summed E-state index contributed by atoms with van der Waals surface area (Å²) in [7, 11) is 0. The summed E-state index contributed by atoms with van der Waals surface area (Å²) in [5.74, 6) is -1.32. The molecule has 0 aliphatic rings. The van der Waals surface area contributed by atoms with Crippen molar-refractivity contribution in [1.29, 1.82) is 0 Å². The molecule has 22 heavy (non-hydrogen) atoms. The Labute approximate surface area is 131 Å². The van der Waals surface area contributed by atoms with Crippen LogP contribution in [0.2, 0.25) is 0 Å². The summed E-state index contributed by atoms with van der Waals surface area (Å²) in [6, 6.07) is 7.31. The fraction of sp³-hybridized carbons (Fsp3) is 0.214. The number of nitrogens with zero attached hydrogens (tertiary/aromatic N) is 1. The van der Waals surface area contributed by atoms with Gasteiger partial charge in [-0.2, -0.15) is 0 Å². The van der Waals surface area contributed by atoms with Crippen LogP contribution in [-0.2, 0) is 9.53 Å². The smallest absolute Gasteiger partial charge is 0.346 e. The van der Waals surface area contributed by atoms with E-state index in [0.717, 1.165) is 4.90 Å². The van der Waals surface area contributed by atoms with Crippen LogP contribution < -0.4 is 11.1 Å². The zero-order valence-corrected chi connectivity index (χ0v) is 12.9. The van der Waals surface area contributed by atoms with Crippen LogP contribution in [0.5, 0.6) is 0 Å². The fourth-order valence-electron chi connectivity index (χ4n) is 1.71. The highest BCUT2D eigenvalue weighted by Crippen LogP contribution is 2.18. The lowest BCUT2D eigenvalue weighted by Gasteiger charge is -2.07. The largest absolute Gasteiger partial charge is 0.452 e. The number of hydrogen-bond donors (Lipinski definition) is 2. The molecule has 1 aromatic heterocycles. The number of carbonyl (C=O) groups excluding carboxylic acids is 2. The molecule has 1 heterocycles. The molecule has 0 unspecified atom stereocenters. The van der Waals surface area contributed by atoms with Crippen LogP contribution in [-0.4, -0.2) is 29.9 Å². The lowest BCUT2D eigenvalue weighted by atomic mass is 10.2. The molecule has 1 amide bonds. The molecule has 2 rings (SSSR count). The first-order valence-corrected chi connectivity index (χ1v) is 7.56. The van der Waals surface area contributed by atoms with Gasteiger partial charge < -0.3 is 20.3 Å². The van der Waals surface area contributed by atoms with Gasteiger partial charge >= 0.3 is 5.97 Å². The zero-order chi connectivity index (χ0) is 16.1. The highest BCUT2D eigenvalue weighted by atomic mass is 32.2. The summed E-state index contributed by atoms with van der Waals surface area (Å²) in [5.41, 5.74) is 6.45. The van der Waals surface area contributed by atoms with Crippen molar-refractivity contribution in [2.24, 2.45) is 0 Å². The number of nitrogens with one attached hydrogen (secondary N) is 1. The Morgan fingerprint density at radius 2 is 2.05 bits per heavy atom. The number of benzene rings is 1. The summed E-state index contributed by atoms with van der Waals surface area (Å²) >= 11 is 1.60. The van der Waals surface area contributed by atoms with E-state index in [0.29, 0.717) is 11.4 Å². The van der Waals surface area contributed by atoms with Gasteiger partial charge in [0.05, 0.1) is 5.69 Å². The summed E-state index contributed by atoms with van der Waals surface area (Å²) in [6.45, 7) is 1.14. The molecule has 3 N–H and O–H groups in total. The summed E-state index contributed by atoms with van der Waals surface area (Å²) in [4.78, 5) is 24.6. The van der Waals surface area contributed by atoms with Crippen molar-refractivity contribution in [2.75, 3.05) is 23.9 Å². The molecular weight excluding hydrogens is 306 g/mol. The summed E-state index contributed by atoms with van der Waals surface area (Å²) < 4.78 is 9.56. The number of anilines is 2. The fourth-order valence-corrected chi connectivity index (χ4v) is 2.12. The van der Waals surface area contributed by atoms with Crippen molar-refractivity contribution in [3.05, 3.63) is 35.5 Å². The predicted octanol–water partition coefficient (Wildman–Crippen LogP) is 2.08. The Bertz CT molecular complexity index is 662. The Morgan fingerprint density at radius 3 is 2.59 bits per heavy atom.